The summed E-state index contributed by atoms with van der Waals surface area (Å²) < 4.78 is 10.2. The molecule has 0 aliphatic carbocycles. The van der Waals surface area contributed by atoms with Crippen molar-refractivity contribution in [3.05, 3.63) is 60.0 Å². The fourth-order valence-electron chi connectivity index (χ4n) is 2.35. The van der Waals surface area contributed by atoms with Crippen molar-refractivity contribution in [2.45, 2.75) is 19.8 Å². The molecule has 2 aromatic carbocycles. The largest absolute Gasteiger partial charge is 0.452 e. The molecule has 0 radical (unpaired) electrons. The Morgan fingerprint density at radius 2 is 1.92 bits per heavy atom. The Balaban J connectivity index is 1.55. The number of carbonyl (C=O) groups is 2. The van der Waals surface area contributed by atoms with Crippen LogP contribution in [-0.4, -0.2) is 23.5 Å². The van der Waals surface area contributed by atoms with E-state index < -0.39 is 11.9 Å². The van der Waals surface area contributed by atoms with Crippen LogP contribution >= 0.6 is 0 Å². The first-order valence-corrected chi connectivity index (χ1v) is 7.93. The van der Waals surface area contributed by atoms with Gasteiger partial charge < -0.3 is 14.5 Å². The van der Waals surface area contributed by atoms with Crippen molar-refractivity contribution >= 4 is 28.7 Å². The number of ether oxygens (including phenoxy) is 1. The molecule has 1 aromatic heterocycles. The molecule has 0 fully saturated rings. The number of benzene rings is 2. The number of oxazole rings is 1. The molecule has 25 heavy (non-hydrogen) atoms. The lowest BCUT2D eigenvalue weighted by Gasteiger charge is -2.09. The normalized spacial score (nSPS) is 10.8. The molecule has 1 amide bonds. The lowest BCUT2D eigenvalue weighted by Crippen LogP contribution is -2.20. The van der Waals surface area contributed by atoms with Crippen LogP contribution < -0.4 is 5.32 Å². The van der Waals surface area contributed by atoms with Crippen LogP contribution in [0.1, 0.15) is 35.7 Å². The third-order valence-electron chi connectivity index (χ3n) is 3.76. The van der Waals surface area contributed by atoms with E-state index in [1.165, 1.54) is 12.0 Å². The predicted octanol–water partition coefficient (Wildman–Crippen LogP) is 3.75. The number of amides is 1. The van der Waals surface area contributed by atoms with E-state index in [1.807, 2.05) is 24.3 Å². The van der Waals surface area contributed by atoms with Gasteiger partial charge in [0.05, 0.1) is 5.56 Å². The minimum atomic E-state index is -0.588. The van der Waals surface area contributed by atoms with Crippen molar-refractivity contribution in [3.63, 3.8) is 0 Å². The Hall–Kier alpha value is -3.15. The zero-order valence-corrected chi connectivity index (χ0v) is 14.0. The summed E-state index contributed by atoms with van der Waals surface area (Å²) in [6.07, 6.45) is 1.30. The maximum atomic E-state index is 12.0. The van der Waals surface area contributed by atoms with E-state index in [0.717, 1.165) is 0 Å². The number of hydrogen-bond donors (Lipinski definition) is 1. The molecule has 0 saturated heterocycles. The van der Waals surface area contributed by atoms with Crippen LogP contribution in [-0.2, 0) is 9.53 Å². The Kier molecular flexibility index (Phi) is 4.79. The highest BCUT2D eigenvalue weighted by Crippen LogP contribution is 2.17. The molecule has 0 aliphatic heterocycles. The second-order valence-corrected chi connectivity index (χ2v) is 5.94. The topological polar surface area (TPSA) is 81.4 Å². The third kappa shape index (κ3) is 4.03. The fraction of sp³-hybridized carbons (Fsp3) is 0.211. The number of hydrogen-bond acceptors (Lipinski definition) is 5. The monoisotopic (exact) mass is 338 g/mol. The van der Waals surface area contributed by atoms with E-state index in [2.05, 4.69) is 24.1 Å². The summed E-state index contributed by atoms with van der Waals surface area (Å²) in [7, 11) is 0. The van der Waals surface area contributed by atoms with E-state index in [1.54, 1.807) is 18.2 Å². The third-order valence-corrected chi connectivity index (χ3v) is 3.76. The smallest absolute Gasteiger partial charge is 0.338 e. The summed E-state index contributed by atoms with van der Waals surface area (Å²) >= 11 is 0. The van der Waals surface area contributed by atoms with Gasteiger partial charge in [-0.1, -0.05) is 26.0 Å². The predicted molar refractivity (Wildman–Crippen MR) is 93.5 cm³/mol. The zero-order chi connectivity index (χ0) is 17.8. The van der Waals surface area contributed by atoms with Crippen LogP contribution in [0.4, 0.5) is 5.69 Å². The Morgan fingerprint density at radius 3 is 2.64 bits per heavy atom. The highest BCUT2D eigenvalue weighted by atomic mass is 16.5. The molecule has 6 nitrogen and oxygen atoms in total. The SMILES string of the molecule is CC(C)c1ccc(NC(=O)COC(=O)c2ccc3ocnc3c2)cc1. The number of rotatable bonds is 5. The molecule has 1 heterocycles. The van der Waals surface area contributed by atoms with Crippen molar-refractivity contribution in [2.24, 2.45) is 0 Å². The van der Waals surface area contributed by atoms with Crippen LogP contribution in [0.5, 0.6) is 0 Å². The second kappa shape index (κ2) is 7.17. The summed E-state index contributed by atoms with van der Waals surface area (Å²) in [6.45, 7) is 3.84. The summed E-state index contributed by atoms with van der Waals surface area (Å²) in [5.41, 5.74) is 3.31. The molecule has 3 aromatic rings. The molecular formula is C19H18N2O4. The molecule has 128 valence electrons. The van der Waals surface area contributed by atoms with E-state index >= 15 is 0 Å². The average molecular weight is 338 g/mol. The van der Waals surface area contributed by atoms with Gasteiger partial charge in [0.25, 0.3) is 5.91 Å². The van der Waals surface area contributed by atoms with E-state index in [-0.39, 0.29) is 6.61 Å². The van der Waals surface area contributed by atoms with Gasteiger partial charge in [0, 0.05) is 5.69 Å². The van der Waals surface area contributed by atoms with Gasteiger partial charge in [-0.3, -0.25) is 4.79 Å². The van der Waals surface area contributed by atoms with Gasteiger partial charge in [0.15, 0.2) is 18.6 Å². The van der Waals surface area contributed by atoms with Gasteiger partial charge in [-0.25, -0.2) is 9.78 Å². The van der Waals surface area contributed by atoms with Gasteiger partial charge in [0.1, 0.15) is 5.52 Å². The van der Waals surface area contributed by atoms with Crippen molar-refractivity contribution in [1.82, 2.24) is 4.98 Å². The molecule has 0 unspecified atom stereocenters. The summed E-state index contributed by atoms with van der Waals surface area (Å²) in [4.78, 5) is 27.9. The van der Waals surface area contributed by atoms with E-state index in [9.17, 15) is 9.59 Å². The van der Waals surface area contributed by atoms with Crippen LogP contribution in [0, 0.1) is 0 Å². The molecule has 0 atom stereocenters. The summed E-state index contributed by atoms with van der Waals surface area (Å²) in [5, 5.41) is 2.70. The highest BCUT2D eigenvalue weighted by Gasteiger charge is 2.12. The van der Waals surface area contributed by atoms with Crippen LogP contribution in [0.25, 0.3) is 11.1 Å². The molecule has 1 N–H and O–H groups in total. The van der Waals surface area contributed by atoms with Crippen molar-refractivity contribution in [3.8, 4) is 0 Å². The average Bonchev–Trinajstić information content (AvgIpc) is 3.07. The number of nitrogens with one attached hydrogen (secondary N) is 1. The van der Waals surface area contributed by atoms with Crippen molar-refractivity contribution in [2.75, 3.05) is 11.9 Å². The Morgan fingerprint density at radius 1 is 1.16 bits per heavy atom. The quantitative estimate of drug-likeness (QED) is 0.717. The minimum absolute atomic E-state index is 0.315. The number of fused-ring (bicyclic) bond motifs is 1. The van der Waals surface area contributed by atoms with Crippen molar-refractivity contribution in [1.29, 1.82) is 0 Å². The molecule has 0 aliphatic rings. The van der Waals surface area contributed by atoms with Gasteiger partial charge in [-0.05, 0) is 41.8 Å². The number of anilines is 1. The number of esters is 1. The molecule has 0 saturated carbocycles. The maximum Gasteiger partial charge on any atom is 0.338 e. The minimum Gasteiger partial charge on any atom is -0.452 e. The Labute approximate surface area is 144 Å². The van der Waals surface area contributed by atoms with Crippen molar-refractivity contribution < 1.29 is 18.7 Å². The maximum absolute atomic E-state index is 12.0. The molecule has 6 heteroatoms. The van der Waals surface area contributed by atoms with Crippen LogP contribution in [0.2, 0.25) is 0 Å². The number of aromatic nitrogens is 1. The molecule has 0 spiro atoms. The van der Waals surface area contributed by atoms with Crippen LogP contribution in [0.3, 0.4) is 0 Å². The fourth-order valence-corrected chi connectivity index (χ4v) is 2.35. The standard InChI is InChI=1S/C19H18N2O4/c1-12(2)13-3-6-15(7-4-13)21-18(22)10-24-19(23)14-5-8-17-16(9-14)20-11-25-17/h3-9,11-12H,10H2,1-2H3,(H,21,22). The summed E-state index contributed by atoms with van der Waals surface area (Å²) in [6, 6.07) is 12.3. The first-order chi connectivity index (χ1) is 12.0. The first-order valence-electron chi connectivity index (χ1n) is 7.93. The number of carbonyl (C=O) groups excluding carboxylic acids is 2. The molecule has 3 rings (SSSR count). The zero-order valence-electron chi connectivity index (χ0n) is 14.0. The lowest BCUT2D eigenvalue weighted by molar-refractivity contribution is -0.119. The van der Waals surface area contributed by atoms with Gasteiger partial charge in [-0.2, -0.15) is 0 Å². The van der Waals surface area contributed by atoms with Gasteiger partial charge in [0.2, 0.25) is 0 Å². The summed E-state index contributed by atoms with van der Waals surface area (Å²) in [5.74, 6) is -0.559. The second-order valence-electron chi connectivity index (χ2n) is 5.94. The van der Waals surface area contributed by atoms with E-state index in [4.69, 9.17) is 9.15 Å². The Bertz CT molecular complexity index is 897. The highest BCUT2D eigenvalue weighted by molar-refractivity contribution is 5.96. The molecule has 0 bridgehead atoms. The van der Waals surface area contributed by atoms with Crippen LogP contribution in [0.15, 0.2) is 53.3 Å². The molecular weight excluding hydrogens is 320 g/mol. The van der Waals surface area contributed by atoms with Gasteiger partial charge >= 0.3 is 5.97 Å². The first kappa shape index (κ1) is 16.7. The van der Waals surface area contributed by atoms with Gasteiger partial charge in [-0.15, -0.1) is 0 Å². The van der Waals surface area contributed by atoms with E-state index in [0.29, 0.717) is 28.3 Å². The lowest BCUT2D eigenvalue weighted by atomic mass is 10.0. The number of nitrogens with zero attached hydrogens (tertiary/aromatic N) is 1.